The molecule has 0 fully saturated rings. The van der Waals surface area contributed by atoms with Gasteiger partial charge in [0.2, 0.25) is 0 Å². The number of carbonyl (C=O) groups excluding carboxylic acids is 1. The number of rotatable bonds is 6. The van der Waals surface area contributed by atoms with Crippen molar-refractivity contribution >= 4 is 17.3 Å². The van der Waals surface area contributed by atoms with Gasteiger partial charge in [-0.1, -0.05) is 24.3 Å². The fourth-order valence-electron chi connectivity index (χ4n) is 2.41. The van der Waals surface area contributed by atoms with Crippen LogP contribution in [0.3, 0.4) is 0 Å². The summed E-state index contributed by atoms with van der Waals surface area (Å²) in [5.74, 6) is -0.108. The minimum absolute atomic E-state index is 0.0405. The van der Waals surface area contributed by atoms with E-state index in [1.807, 2.05) is 43.3 Å². The van der Waals surface area contributed by atoms with E-state index in [0.717, 1.165) is 11.4 Å². The van der Waals surface area contributed by atoms with Gasteiger partial charge in [-0.05, 0) is 50.1 Å². The van der Waals surface area contributed by atoms with Gasteiger partial charge in [0.25, 0.3) is 5.91 Å². The van der Waals surface area contributed by atoms with Crippen LogP contribution >= 0.6 is 0 Å². The van der Waals surface area contributed by atoms with E-state index < -0.39 is 0 Å². The molecule has 0 saturated heterocycles. The molecule has 0 bridgehead atoms. The van der Waals surface area contributed by atoms with Crippen LogP contribution in [0.15, 0.2) is 42.5 Å². The first kappa shape index (κ1) is 17.0. The first-order valence-corrected chi connectivity index (χ1v) is 7.75. The lowest BCUT2D eigenvalue weighted by Gasteiger charge is -2.17. The van der Waals surface area contributed by atoms with Crippen molar-refractivity contribution in [2.75, 3.05) is 19.0 Å². The third-order valence-corrected chi connectivity index (χ3v) is 3.84. The Labute approximate surface area is 137 Å². The number of aryl methyl sites for hydroxylation is 1. The zero-order chi connectivity index (χ0) is 16.8. The molecule has 0 spiro atoms. The van der Waals surface area contributed by atoms with E-state index in [-0.39, 0.29) is 11.9 Å². The zero-order valence-electron chi connectivity index (χ0n) is 14.1. The maximum atomic E-state index is 12.5. The lowest BCUT2D eigenvalue weighted by molar-refractivity contribution is 0.0906. The minimum Gasteiger partial charge on any atom is -0.383 e. The summed E-state index contributed by atoms with van der Waals surface area (Å²) in [6.45, 7) is 6.55. The van der Waals surface area contributed by atoms with Gasteiger partial charge in [0.15, 0.2) is 0 Å². The van der Waals surface area contributed by atoms with E-state index in [2.05, 4.69) is 30.5 Å². The lowest BCUT2D eigenvalue weighted by Crippen LogP contribution is -2.35. The van der Waals surface area contributed by atoms with Crippen molar-refractivity contribution < 1.29 is 9.53 Å². The van der Waals surface area contributed by atoms with Crippen molar-refractivity contribution in [2.45, 2.75) is 26.8 Å². The van der Waals surface area contributed by atoms with E-state index in [1.165, 1.54) is 11.1 Å². The van der Waals surface area contributed by atoms with E-state index in [1.54, 1.807) is 7.11 Å². The standard InChI is InChI=1S/C19H24N2O2/c1-13-8-7-11-17(15(13)3)21-18-10-6-5-9-16(18)19(22)20-14(2)12-23-4/h5-11,14,21H,12H2,1-4H3,(H,20,22). The summed E-state index contributed by atoms with van der Waals surface area (Å²) in [4.78, 5) is 12.5. The Morgan fingerprint density at radius 1 is 1.09 bits per heavy atom. The van der Waals surface area contributed by atoms with Gasteiger partial charge in [-0.3, -0.25) is 4.79 Å². The van der Waals surface area contributed by atoms with Crippen LogP contribution in [0, 0.1) is 13.8 Å². The maximum absolute atomic E-state index is 12.5. The molecule has 122 valence electrons. The van der Waals surface area contributed by atoms with E-state index in [0.29, 0.717) is 12.2 Å². The first-order valence-electron chi connectivity index (χ1n) is 7.75. The number of para-hydroxylation sites is 1. The first-order chi connectivity index (χ1) is 11.0. The van der Waals surface area contributed by atoms with E-state index in [4.69, 9.17) is 4.74 Å². The van der Waals surface area contributed by atoms with Gasteiger partial charge < -0.3 is 15.4 Å². The quantitative estimate of drug-likeness (QED) is 0.852. The lowest BCUT2D eigenvalue weighted by atomic mass is 10.1. The molecular weight excluding hydrogens is 288 g/mol. The summed E-state index contributed by atoms with van der Waals surface area (Å²) < 4.78 is 5.06. The summed E-state index contributed by atoms with van der Waals surface area (Å²) in [6.07, 6.45) is 0. The smallest absolute Gasteiger partial charge is 0.253 e. The molecule has 0 radical (unpaired) electrons. The minimum atomic E-state index is -0.108. The topological polar surface area (TPSA) is 50.4 Å². The summed E-state index contributed by atoms with van der Waals surface area (Å²) in [5, 5.41) is 6.32. The van der Waals surface area contributed by atoms with E-state index >= 15 is 0 Å². The maximum Gasteiger partial charge on any atom is 0.253 e. The van der Waals surface area contributed by atoms with Crippen LogP contribution < -0.4 is 10.6 Å². The summed E-state index contributed by atoms with van der Waals surface area (Å²) in [6, 6.07) is 13.6. The van der Waals surface area contributed by atoms with Gasteiger partial charge in [0.05, 0.1) is 17.9 Å². The largest absolute Gasteiger partial charge is 0.383 e. The molecule has 0 aliphatic heterocycles. The molecule has 4 heteroatoms. The molecular formula is C19H24N2O2. The van der Waals surface area contributed by atoms with Gasteiger partial charge in [0.1, 0.15) is 0 Å². The van der Waals surface area contributed by atoms with Crippen LogP contribution in [0.2, 0.25) is 0 Å². The highest BCUT2D eigenvalue weighted by atomic mass is 16.5. The molecule has 1 unspecified atom stereocenters. The molecule has 2 N–H and O–H groups in total. The molecule has 2 rings (SSSR count). The van der Waals surface area contributed by atoms with Crippen LogP contribution in [0.25, 0.3) is 0 Å². The van der Waals surface area contributed by atoms with Crippen molar-refractivity contribution in [1.29, 1.82) is 0 Å². The van der Waals surface area contributed by atoms with Gasteiger partial charge >= 0.3 is 0 Å². The number of ether oxygens (including phenoxy) is 1. The average Bonchev–Trinajstić information content (AvgIpc) is 2.52. The van der Waals surface area contributed by atoms with Crippen molar-refractivity contribution in [3.63, 3.8) is 0 Å². The highest BCUT2D eigenvalue weighted by Crippen LogP contribution is 2.25. The molecule has 0 saturated carbocycles. The molecule has 2 aromatic rings. The highest BCUT2D eigenvalue weighted by Gasteiger charge is 2.14. The molecule has 0 heterocycles. The molecule has 0 aliphatic rings. The predicted molar refractivity (Wildman–Crippen MR) is 94.4 cm³/mol. The summed E-state index contributed by atoms with van der Waals surface area (Å²) in [7, 11) is 1.62. The predicted octanol–water partition coefficient (Wildman–Crippen LogP) is 3.81. The molecule has 23 heavy (non-hydrogen) atoms. The van der Waals surface area contributed by atoms with Crippen molar-refractivity contribution in [3.05, 3.63) is 59.2 Å². The van der Waals surface area contributed by atoms with Gasteiger partial charge in [0, 0.05) is 18.8 Å². The number of amides is 1. The summed E-state index contributed by atoms with van der Waals surface area (Å²) in [5.41, 5.74) is 4.82. The number of anilines is 2. The number of methoxy groups -OCH3 is 1. The molecule has 0 aliphatic carbocycles. The van der Waals surface area contributed by atoms with Crippen LogP contribution in [0.4, 0.5) is 11.4 Å². The van der Waals surface area contributed by atoms with Crippen LogP contribution in [-0.2, 0) is 4.74 Å². The fourth-order valence-corrected chi connectivity index (χ4v) is 2.41. The molecule has 0 aromatic heterocycles. The third-order valence-electron chi connectivity index (χ3n) is 3.84. The Bertz CT molecular complexity index is 683. The Hall–Kier alpha value is -2.33. The van der Waals surface area contributed by atoms with Crippen LogP contribution in [0.1, 0.15) is 28.4 Å². The van der Waals surface area contributed by atoms with Gasteiger partial charge in [-0.25, -0.2) is 0 Å². The third kappa shape index (κ3) is 4.33. The number of nitrogens with one attached hydrogen (secondary N) is 2. The van der Waals surface area contributed by atoms with Gasteiger partial charge in [-0.2, -0.15) is 0 Å². The van der Waals surface area contributed by atoms with Gasteiger partial charge in [-0.15, -0.1) is 0 Å². The SMILES string of the molecule is COCC(C)NC(=O)c1ccccc1Nc1cccc(C)c1C. The van der Waals surface area contributed by atoms with Crippen molar-refractivity contribution in [1.82, 2.24) is 5.32 Å². The normalized spacial score (nSPS) is 11.8. The number of benzene rings is 2. The van der Waals surface area contributed by atoms with E-state index in [9.17, 15) is 4.79 Å². The molecule has 4 nitrogen and oxygen atoms in total. The van der Waals surface area contributed by atoms with Crippen molar-refractivity contribution in [3.8, 4) is 0 Å². The Morgan fingerprint density at radius 3 is 2.52 bits per heavy atom. The number of hydrogen-bond donors (Lipinski definition) is 2. The Balaban J connectivity index is 2.24. The summed E-state index contributed by atoms with van der Waals surface area (Å²) >= 11 is 0. The second kappa shape index (κ2) is 7.79. The Kier molecular flexibility index (Phi) is 5.77. The molecule has 1 amide bonds. The van der Waals surface area contributed by atoms with Crippen LogP contribution in [-0.4, -0.2) is 25.7 Å². The second-order valence-electron chi connectivity index (χ2n) is 5.75. The monoisotopic (exact) mass is 312 g/mol. The highest BCUT2D eigenvalue weighted by molar-refractivity contribution is 6.00. The van der Waals surface area contributed by atoms with Crippen LogP contribution in [0.5, 0.6) is 0 Å². The number of carbonyl (C=O) groups is 1. The average molecular weight is 312 g/mol. The number of hydrogen-bond acceptors (Lipinski definition) is 3. The zero-order valence-corrected chi connectivity index (χ0v) is 14.1. The Morgan fingerprint density at radius 2 is 1.78 bits per heavy atom. The second-order valence-corrected chi connectivity index (χ2v) is 5.75. The molecule has 2 aromatic carbocycles. The van der Waals surface area contributed by atoms with Crippen molar-refractivity contribution in [2.24, 2.45) is 0 Å². The molecule has 1 atom stereocenters. The fraction of sp³-hybridized carbons (Fsp3) is 0.316.